The van der Waals surface area contributed by atoms with Crippen LogP contribution in [0.1, 0.15) is 43.5 Å². The maximum atomic E-state index is 17.4. The van der Waals surface area contributed by atoms with Crippen molar-refractivity contribution in [1.29, 1.82) is 0 Å². The minimum Gasteiger partial charge on any atom is -0.390 e. The van der Waals surface area contributed by atoms with Crippen LogP contribution in [0.15, 0.2) is 48.3 Å². The van der Waals surface area contributed by atoms with Crippen LogP contribution in [0.3, 0.4) is 0 Å². The number of ketones is 2. The predicted octanol–water partition coefficient (Wildman–Crippen LogP) is 2.63. The summed E-state index contributed by atoms with van der Waals surface area (Å²) in [5.74, 6) is -2.88. The second-order valence-corrected chi connectivity index (χ2v) is 12.3. The van der Waals surface area contributed by atoms with Gasteiger partial charge in [-0.3, -0.25) is 19.4 Å². The second kappa shape index (κ2) is 8.11. The zero-order valence-corrected chi connectivity index (χ0v) is 21.4. The predicted molar refractivity (Wildman–Crippen MR) is 132 cm³/mol. The minimum absolute atomic E-state index is 0.0341. The van der Waals surface area contributed by atoms with Crippen molar-refractivity contribution in [2.75, 3.05) is 19.7 Å². The smallest absolute Gasteiger partial charge is 0.255 e. The van der Waals surface area contributed by atoms with Gasteiger partial charge in [-0.2, -0.15) is 0 Å². The largest absolute Gasteiger partial charge is 0.390 e. The molecule has 4 aliphatic carbocycles. The number of aromatic nitrogens is 1. The van der Waals surface area contributed by atoms with Crippen molar-refractivity contribution in [3.05, 3.63) is 53.9 Å². The van der Waals surface area contributed by atoms with Gasteiger partial charge in [-0.05, 0) is 73.3 Å². The molecular formula is C29H32F2N2O5. The van der Waals surface area contributed by atoms with Crippen LogP contribution in [-0.4, -0.2) is 75.2 Å². The Bertz CT molecular complexity index is 1280. The van der Waals surface area contributed by atoms with E-state index in [1.807, 2.05) is 6.92 Å². The fourth-order valence-electron chi connectivity index (χ4n) is 9.25. The molecule has 1 unspecified atom stereocenters. The number of hydrogen-bond acceptors (Lipinski definition) is 6. The lowest BCUT2D eigenvalue weighted by Crippen LogP contribution is -2.69. The van der Waals surface area contributed by atoms with Crippen molar-refractivity contribution in [3.63, 3.8) is 0 Å². The number of fused-ring (bicyclic) bond motifs is 7. The quantitative estimate of drug-likeness (QED) is 0.627. The number of aliphatic hydroxyl groups excluding tert-OH is 2. The molecule has 0 radical (unpaired) electrons. The monoisotopic (exact) mass is 526 g/mol. The van der Waals surface area contributed by atoms with Crippen LogP contribution in [0, 0.1) is 34.0 Å². The number of carbonyl (C=O) groups excluding carboxylic acids is 3. The summed E-state index contributed by atoms with van der Waals surface area (Å²) in [6, 6.07) is 3.30. The standard InChI is InChI=1S/C29H32F2N2O5/c1-26-6-5-18(35)9-21(26)22(30)10-20-19-8-17-13-33(25(38)16-4-3-7-32-12-16)15-28(17,24(37)14-34)27(19,2)11-23(36)29(20,26)31/h3-7,9,12,17,19-20,22-23,34,36H,8,10-11,13-15H2,1-2H3/t17-,19?,20-,22-,23-,26-,27-,28+,29-/m0/s1. The van der Waals surface area contributed by atoms with Crippen molar-refractivity contribution in [2.24, 2.45) is 34.0 Å². The Labute approximate surface area is 219 Å². The second-order valence-electron chi connectivity index (χ2n) is 12.3. The molecular weight excluding hydrogens is 494 g/mol. The van der Waals surface area contributed by atoms with Crippen LogP contribution in [0.4, 0.5) is 8.78 Å². The first kappa shape index (κ1) is 25.5. The molecule has 1 amide bonds. The van der Waals surface area contributed by atoms with E-state index in [0.717, 1.165) is 6.08 Å². The van der Waals surface area contributed by atoms with Gasteiger partial charge in [0.1, 0.15) is 12.8 Å². The normalized spacial score (nSPS) is 45.1. The number of likely N-dealkylation sites (tertiary alicyclic amines) is 1. The molecule has 9 atom stereocenters. The van der Waals surface area contributed by atoms with Gasteiger partial charge in [0.05, 0.1) is 17.1 Å². The van der Waals surface area contributed by atoms with E-state index in [4.69, 9.17) is 0 Å². The van der Waals surface area contributed by atoms with Crippen LogP contribution < -0.4 is 0 Å². The number of rotatable bonds is 3. The third-order valence-corrected chi connectivity index (χ3v) is 11.0. The van der Waals surface area contributed by atoms with Gasteiger partial charge in [0.2, 0.25) is 0 Å². The van der Waals surface area contributed by atoms with Crippen molar-refractivity contribution in [1.82, 2.24) is 9.88 Å². The maximum Gasteiger partial charge on any atom is 0.255 e. The maximum absolute atomic E-state index is 17.4. The molecule has 7 nitrogen and oxygen atoms in total. The van der Waals surface area contributed by atoms with Gasteiger partial charge in [-0.1, -0.05) is 13.0 Å². The number of amides is 1. The summed E-state index contributed by atoms with van der Waals surface area (Å²) in [6.45, 7) is 2.92. The number of carbonyl (C=O) groups is 3. The fraction of sp³-hybridized carbons (Fsp3) is 0.586. The Morgan fingerprint density at radius 3 is 2.68 bits per heavy atom. The van der Waals surface area contributed by atoms with Crippen LogP contribution in [0.2, 0.25) is 0 Å². The molecule has 2 heterocycles. The van der Waals surface area contributed by atoms with Crippen molar-refractivity contribution in [2.45, 2.75) is 51.1 Å². The SMILES string of the molecule is C[C@]12C=CC(=O)C=C1[C@@H](F)C[C@H]1C3C[C@H]4CN(C(=O)c5cccnc5)C[C@@]4(C(=O)CO)[C@@]3(C)C[C@H](O)[C@@]12F. The first-order chi connectivity index (χ1) is 17.9. The van der Waals surface area contributed by atoms with E-state index >= 15 is 8.78 Å². The third kappa shape index (κ3) is 2.89. The first-order valence-corrected chi connectivity index (χ1v) is 13.2. The number of allylic oxidation sites excluding steroid dienone is 4. The Hall–Kier alpha value is -2.78. The van der Waals surface area contributed by atoms with E-state index in [1.165, 1.54) is 18.3 Å². The third-order valence-electron chi connectivity index (χ3n) is 11.0. The molecule has 3 saturated carbocycles. The van der Waals surface area contributed by atoms with Gasteiger partial charge in [-0.15, -0.1) is 0 Å². The van der Waals surface area contributed by atoms with Crippen molar-refractivity contribution < 1.29 is 33.4 Å². The summed E-state index contributed by atoms with van der Waals surface area (Å²) < 4.78 is 33.1. The van der Waals surface area contributed by atoms with E-state index in [9.17, 15) is 24.6 Å². The molecule has 1 aliphatic heterocycles. The Balaban J connectivity index is 1.43. The van der Waals surface area contributed by atoms with Gasteiger partial charge in [0.15, 0.2) is 17.2 Å². The molecule has 0 spiro atoms. The van der Waals surface area contributed by atoms with E-state index in [0.29, 0.717) is 12.0 Å². The highest BCUT2D eigenvalue weighted by Crippen LogP contribution is 2.74. The van der Waals surface area contributed by atoms with Gasteiger partial charge in [0.25, 0.3) is 5.91 Å². The van der Waals surface area contributed by atoms with Crippen LogP contribution >= 0.6 is 0 Å². The Morgan fingerprint density at radius 2 is 2.00 bits per heavy atom. The first-order valence-electron chi connectivity index (χ1n) is 13.2. The van der Waals surface area contributed by atoms with E-state index in [1.54, 1.807) is 30.2 Å². The molecule has 2 N–H and O–H groups in total. The zero-order chi connectivity index (χ0) is 27.3. The van der Waals surface area contributed by atoms with Crippen LogP contribution in [0.5, 0.6) is 0 Å². The number of nitrogens with zero attached hydrogens (tertiary/aromatic N) is 2. The fourth-order valence-corrected chi connectivity index (χ4v) is 9.25. The van der Waals surface area contributed by atoms with Crippen LogP contribution in [-0.2, 0) is 9.59 Å². The molecule has 6 rings (SSSR count). The summed E-state index contributed by atoms with van der Waals surface area (Å²) in [6.07, 6.45) is 3.79. The molecule has 38 heavy (non-hydrogen) atoms. The van der Waals surface area contributed by atoms with Gasteiger partial charge < -0.3 is 15.1 Å². The van der Waals surface area contributed by atoms with Gasteiger partial charge in [0, 0.05) is 36.8 Å². The highest BCUT2D eigenvalue weighted by Gasteiger charge is 2.78. The number of halogens is 2. The van der Waals surface area contributed by atoms with E-state index in [2.05, 4.69) is 4.98 Å². The number of pyridine rings is 1. The van der Waals surface area contributed by atoms with Gasteiger partial charge in [-0.25, -0.2) is 8.78 Å². The summed E-state index contributed by atoms with van der Waals surface area (Å²) in [4.78, 5) is 44.6. The Morgan fingerprint density at radius 1 is 1.24 bits per heavy atom. The van der Waals surface area contributed by atoms with Crippen molar-refractivity contribution in [3.8, 4) is 0 Å². The molecule has 202 valence electrons. The van der Waals surface area contributed by atoms with E-state index < -0.39 is 64.2 Å². The van der Waals surface area contributed by atoms with Gasteiger partial charge >= 0.3 is 0 Å². The molecule has 1 aromatic heterocycles. The lowest BCUT2D eigenvalue weighted by atomic mass is 9.43. The zero-order valence-electron chi connectivity index (χ0n) is 21.4. The molecule has 1 saturated heterocycles. The minimum atomic E-state index is -2.24. The number of aliphatic hydroxyl groups is 2. The van der Waals surface area contributed by atoms with E-state index in [-0.39, 0.29) is 43.3 Å². The molecule has 0 bridgehead atoms. The summed E-state index contributed by atoms with van der Waals surface area (Å²) in [5.41, 5.74) is -5.49. The molecule has 1 aromatic rings. The summed E-state index contributed by atoms with van der Waals surface area (Å²) in [5, 5.41) is 21.7. The van der Waals surface area contributed by atoms with Crippen LogP contribution in [0.25, 0.3) is 0 Å². The molecule has 4 fully saturated rings. The highest BCUT2D eigenvalue weighted by atomic mass is 19.1. The molecule has 0 aromatic carbocycles. The molecule has 9 heteroatoms. The lowest BCUT2D eigenvalue weighted by Gasteiger charge is -2.63. The number of Topliss-reactive ketones (excluding diaryl/α,β-unsaturated/α-hetero) is 1. The van der Waals surface area contributed by atoms with Crippen molar-refractivity contribution >= 4 is 17.5 Å². The highest BCUT2D eigenvalue weighted by molar-refractivity contribution is 6.01. The Kier molecular flexibility index (Phi) is 5.44. The number of alkyl halides is 2. The summed E-state index contributed by atoms with van der Waals surface area (Å²) in [7, 11) is 0. The average molecular weight is 527 g/mol. The topological polar surface area (TPSA) is 108 Å². The number of hydrogen-bond donors (Lipinski definition) is 2. The summed E-state index contributed by atoms with van der Waals surface area (Å²) >= 11 is 0. The lowest BCUT2D eigenvalue weighted by molar-refractivity contribution is -0.211. The molecule has 5 aliphatic rings. The average Bonchev–Trinajstić information content (AvgIpc) is 3.40.